The molecule has 0 aliphatic heterocycles. The second-order valence-corrected chi connectivity index (χ2v) is 13.5. The van der Waals surface area contributed by atoms with Crippen LogP contribution in [0.2, 0.25) is 0 Å². The normalized spacial score (nSPS) is 14.2. The van der Waals surface area contributed by atoms with E-state index in [4.69, 9.17) is 0 Å². The Morgan fingerprint density at radius 3 is 1.36 bits per heavy atom. The average Bonchev–Trinajstić information content (AvgIpc) is 3.06. The van der Waals surface area contributed by atoms with E-state index in [1.807, 2.05) is 6.08 Å². The Morgan fingerprint density at radius 1 is 0.532 bits per heavy atom. The summed E-state index contributed by atoms with van der Waals surface area (Å²) < 4.78 is 0. The lowest BCUT2D eigenvalue weighted by Gasteiger charge is -2.20. The van der Waals surface area contributed by atoms with Gasteiger partial charge < -0.3 is 20.6 Å². The lowest BCUT2D eigenvalue weighted by Crippen LogP contribution is -2.45. The largest absolute Gasteiger partial charge is 0.394 e. The Labute approximate surface area is 291 Å². The molecule has 0 heterocycles. The Kier molecular flexibility index (Phi) is 35.8. The molecule has 5 nitrogen and oxygen atoms in total. The molecule has 5 heteroatoms. The Morgan fingerprint density at radius 2 is 0.915 bits per heavy atom. The van der Waals surface area contributed by atoms with Crippen molar-refractivity contribution in [1.29, 1.82) is 0 Å². The predicted molar refractivity (Wildman–Crippen MR) is 204 cm³/mol. The number of carbonyl (C=O) groups is 1. The molecule has 0 saturated heterocycles. The fourth-order valence-electron chi connectivity index (χ4n) is 5.72. The fraction of sp³-hybridized carbons (Fsp3) is 0.786. The average molecular weight is 660 g/mol. The minimum Gasteiger partial charge on any atom is -0.394 e. The third-order valence-corrected chi connectivity index (χ3v) is 8.82. The molecule has 3 atom stereocenters. The Bertz CT molecular complexity index is 775. The molecule has 4 N–H and O–H groups in total. The number of rotatable bonds is 35. The molecule has 0 rings (SSSR count). The number of unbranched alkanes of at least 4 members (excludes halogenated alkanes) is 20. The summed E-state index contributed by atoms with van der Waals surface area (Å²) >= 11 is 0. The monoisotopic (exact) mass is 660 g/mol. The van der Waals surface area contributed by atoms with Crippen LogP contribution < -0.4 is 5.32 Å². The van der Waals surface area contributed by atoms with Gasteiger partial charge in [0.2, 0.25) is 5.91 Å². The van der Waals surface area contributed by atoms with Crippen LogP contribution in [-0.4, -0.2) is 46.1 Å². The summed E-state index contributed by atoms with van der Waals surface area (Å²) in [7, 11) is 0. The molecule has 3 unspecified atom stereocenters. The van der Waals surface area contributed by atoms with Gasteiger partial charge in [0, 0.05) is 0 Å². The molecular weight excluding hydrogens is 582 g/mol. The zero-order valence-electron chi connectivity index (χ0n) is 30.9. The van der Waals surface area contributed by atoms with E-state index in [2.05, 4.69) is 55.6 Å². The van der Waals surface area contributed by atoms with Gasteiger partial charge in [0.05, 0.1) is 31.3 Å². The molecule has 0 aromatic rings. The number of hydrogen-bond donors (Lipinski definition) is 4. The van der Waals surface area contributed by atoms with Crippen molar-refractivity contribution in [1.82, 2.24) is 5.32 Å². The van der Waals surface area contributed by atoms with Crippen LogP contribution in [0.1, 0.15) is 187 Å². The van der Waals surface area contributed by atoms with Gasteiger partial charge in [-0.1, -0.05) is 159 Å². The van der Waals surface area contributed by atoms with Crippen molar-refractivity contribution >= 4 is 5.91 Å². The van der Waals surface area contributed by atoms with Gasteiger partial charge in [0.15, 0.2) is 0 Å². The molecule has 0 fully saturated rings. The number of aliphatic hydroxyl groups excluding tert-OH is 3. The van der Waals surface area contributed by atoms with Gasteiger partial charge in [-0.25, -0.2) is 0 Å². The highest BCUT2D eigenvalue weighted by Gasteiger charge is 2.20. The lowest BCUT2D eigenvalue weighted by molar-refractivity contribution is -0.124. The number of amides is 1. The molecule has 0 aliphatic carbocycles. The van der Waals surface area contributed by atoms with Crippen LogP contribution in [0.15, 0.2) is 48.6 Å². The molecule has 47 heavy (non-hydrogen) atoms. The number of allylic oxidation sites excluding steroid dienone is 7. The maximum absolute atomic E-state index is 12.4. The topological polar surface area (TPSA) is 89.8 Å². The van der Waals surface area contributed by atoms with E-state index >= 15 is 0 Å². The second kappa shape index (κ2) is 37.1. The highest BCUT2D eigenvalue weighted by Crippen LogP contribution is 2.13. The quantitative estimate of drug-likeness (QED) is 0.0402. The Hall–Kier alpha value is -1.69. The van der Waals surface area contributed by atoms with Crippen LogP contribution in [0.4, 0.5) is 0 Å². The lowest BCUT2D eigenvalue weighted by atomic mass is 10.0. The van der Waals surface area contributed by atoms with Crippen molar-refractivity contribution in [2.24, 2.45) is 0 Å². The third-order valence-electron chi connectivity index (χ3n) is 8.82. The molecule has 0 saturated carbocycles. The van der Waals surface area contributed by atoms with Crippen molar-refractivity contribution in [3.8, 4) is 0 Å². The first-order chi connectivity index (χ1) is 23.0. The molecule has 0 aliphatic rings. The fourth-order valence-corrected chi connectivity index (χ4v) is 5.72. The maximum Gasteiger partial charge on any atom is 0.222 e. The van der Waals surface area contributed by atoms with Crippen LogP contribution in [-0.2, 0) is 4.79 Å². The van der Waals surface area contributed by atoms with Gasteiger partial charge in [-0.15, -0.1) is 0 Å². The minimum absolute atomic E-state index is 0.00452. The van der Waals surface area contributed by atoms with Gasteiger partial charge in [-0.05, 0) is 70.6 Å². The van der Waals surface area contributed by atoms with E-state index in [9.17, 15) is 20.1 Å². The van der Waals surface area contributed by atoms with Gasteiger partial charge in [-0.3, -0.25) is 4.79 Å². The van der Waals surface area contributed by atoms with Crippen molar-refractivity contribution in [2.45, 2.75) is 205 Å². The van der Waals surface area contributed by atoms with Crippen molar-refractivity contribution in [2.75, 3.05) is 6.61 Å². The number of aliphatic hydroxyl groups is 3. The molecule has 1 amide bonds. The molecule has 274 valence electrons. The summed E-state index contributed by atoms with van der Waals surface area (Å²) in [6.07, 6.45) is 46.6. The van der Waals surface area contributed by atoms with E-state index in [1.54, 1.807) is 6.08 Å². The third kappa shape index (κ3) is 34.0. The molecule has 0 spiro atoms. The highest BCUT2D eigenvalue weighted by molar-refractivity contribution is 5.76. The summed E-state index contributed by atoms with van der Waals surface area (Å²) in [5.74, 6) is -0.337. The number of hydrogen-bond acceptors (Lipinski definition) is 4. The van der Waals surface area contributed by atoms with Crippen molar-refractivity contribution in [3.05, 3.63) is 48.6 Å². The van der Waals surface area contributed by atoms with Gasteiger partial charge >= 0.3 is 0 Å². The standard InChI is InChI=1S/C42H77NO4/c1-3-5-7-9-11-13-15-17-19-20-22-24-26-28-30-32-34-36-41(46)40(38-44)43-42(47)37-39(45)35-33-31-29-27-25-23-21-18-16-14-12-10-8-6-4-2/h18-21,26,28,34,36,39-41,44-46H,3-17,22-25,27,29-33,35,37-38H2,1-2H3,(H,43,47)/b20-19+,21-18-,28-26+,36-34+. The van der Waals surface area contributed by atoms with Gasteiger partial charge in [0.25, 0.3) is 0 Å². The first-order valence-electron chi connectivity index (χ1n) is 19.9. The second-order valence-electron chi connectivity index (χ2n) is 13.5. The van der Waals surface area contributed by atoms with E-state index in [-0.39, 0.29) is 18.9 Å². The van der Waals surface area contributed by atoms with E-state index in [0.717, 1.165) is 51.4 Å². The zero-order chi connectivity index (χ0) is 34.5. The van der Waals surface area contributed by atoms with Crippen LogP contribution in [0.3, 0.4) is 0 Å². The summed E-state index contributed by atoms with van der Waals surface area (Å²) in [5, 5.41) is 33.1. The van der Waals surface area contributed by atoms with Crippen LogP contribution in [0, 0.1) is 0 Å². The summed E-state index contributed by atoms with van der Waals surface area (Å²) in [5.41, 5.74) is 0. The summed E-state index contributed by atoms with van der Waals surface area (Å²) in [4.78, 5) is 12.4. The van der Waals surface area contributed by atoms with Crippen molar-refractivity contribution < 1.29 is 20.1 Å². The van der Waals surface area contributed by atoms with Crippen LogP contribution in [0.25, 0.3) is 0 Å². The zero-order valence-corrected chi connectivity index (χ0v) is 30.9. The first-order valence-corrected chi connectivity index (χ1v) is 19.9. The van der Waals surface area contributed by atoms with Gasteiger partial charge in [-0.2, -0.15) is 0 Å². The molecule has 0 radical (unpaired) electrons. The van der Waals surface area contributed by atoms with E-state index < -0.39 is 18.2 Å². The predicted octanol–water partition coefficient (Wildman–Crippen LogP) is 11.0. The van der Waals surface area contributed by atoms with Crippen molar-refractivity contribution in [3.63, 3.8) is 0 Å². The SMILES string of the molecule is CCCCCCCC/C=C\CCCCCCCC(O)CC(=O)NC(CO)C(O)/C=C/CC/C=C/CC/C=C/CCCCCCCCC. The maximum atomic E-state index is 12.4. The Balaban J connectivity index is 3.81. The first kappa shape index (κ1) is 45.3. The molecule has 0 aromatic heterocycles. The van der Waals surface area contributed by atoms with E-state index in [0.29, 0.717) is 6.42 Å². The molecular formula is C42H77NO4. The van der Waals surface area contributed by atoms with Crippen LogP contribution in [0.5, 0.6) is 0 Å². The number of nitrogens with one attached hydrogen (secondary N) is 1. The summed E-state index contributed by atoms with van der Waals surface area (Å²) in [6.45, 7) is 4.17. The van der Waals surface area contributed by atoms with Gasteiger partial charge in [0.1, 0.15) is 0 Å². The van der Waals surface area contributed by atoms with Crippen LogP contribution >= 0.6 is 0 Å². The smallest absolute Gasteiger partial charge is 0.222 e. The van der Waals surface area contributed by atoms with E-state index in [1.165, 1.54) is 109 Å². The molecule has 0 bridgehead atoms. The minimum atomic E-state index is -0.961. The highest BCUT2D eigenvalue weighted by atomic mass is 16.3. The molecule has 0 aromatic carbocycles. The number of carbonyl (C=O) groups excluding carboxylic acids is 1. The summed E-state index contributed by atoms with van der Waals surface area (Å²) in [6, 6.07) is -0.769.